The number of nitrogens with two attached hydrogens (primary N) is 1. The summed E-state index contributed by atoms with van der Waals surface area (Å²) in [6, 6.07) is 3.22. The number of esters is 1. The number of aliphatic hydroxyl groups excluding tert-OH is 2. The number of ether oxygens (including phenoxy) is 1. The summed E-state index contributed by atoms with van der Waals surface area (Å²) in [4.78, 5) is 56.2. The first-order valence-corrected chi connectivity index (χ1v) is 14.9. The number of primary amides is 1. The first-order chi connectivity index (χ1) is 20.3. The van der Waals surface area contributed by atoms with Crippen molar-refractivity contribution in [1.29, 1.82) is 0 Å². The predicted octanol–water partition coefficient (Wildman–Crippen LogP) is 1.70. The first-order valence-electron chi connectivity index (χ1n) is 14.9. The number of carbonyl (C=O) groups is 4. The topological polar surface area (TPSA) is 188 Å². The lowest BCUT2D eigenvalue weighted by Crippen LogP contribution is -2.71. The van der Waals surface area contributed by atoms with E-state index in [9.17, 15) is 39.6 Å². The van der Waals surface area contributed by atoms with Gasteiger partial charge in [0.2, 0.25) is 5.78 Å². The van der Waals surface area contributed by atoms with Crippen LogP contribution in [0, 0.1) is 35.0 Å². The highest BCUT2D eigenvalue weighted by atomic mass is 16.5. The predicted molar refractivity (Wildman–Crippen MR) is 150 cm³/mol. The zero-order valence-electron chi connectivity index (χ0n) is 24.1. The van der Waals surface area contributed by atoms with Gasteiger partial charge < -0.3 is 30.9 Å². The van der Waals surface area contributed by atoms with Gasteiger partial charge in [0.05, 0.1) is 22.9 Å². The molecule has 6 N–H and O–H groups in total. The van der Waals surface area contributed by atoms with Crippen molar-refractivity contribution in [2.75, 3.05) is 14.1 Å². The van der Waals surface area contributed by atoms with Crippen LogP contribution in [0.4, 0.5) is 0 Å². The van der Waals surface area contributed by atoms with Crippen molar-refractivity contribution in [2.45, 2.75) is 62.7 Å². The number of Topliss-reactive ketones (excluding diaryl/α,β-unsaturated/α-hetero) is 2. The Morgan fingerprint density at radius 3 is 2.16 bits per heavy atom. The van der Waals surface area contributed by atoms with E-state index < -0.39 is 75.5 Å². The monoisotopic (exact) mass is 592 g/mol. The van der Waals surface area contributed by atoms with E-state index in [2.05, 4.69) is 0 Å². The molecular formula is C32H36N2O9. The van der Waals surface area contributed by atoms with Crippen LogP contribution in [0.15, 0.2) is 35.1 Å². The maximum atomic E-state index is 14.3. The summed E-state index contributed by atoms with van der Waals surface area (Å²) >= 11 is 0. The van der Waals surface area contributed by atoms with Crippen LogP contribution in [0.5, 0.6) is 5.75 Å². The summed E-state index contributed by atoms with van der Waals surface area (Å²) in [5.41, 5.74) is 1.02. The molecule has 0 unspecified atom stereocenters. The second-order valence-electron chi connectivity index (χ2n) is 13.9. The lowest BCUT2D eigenvalue weighted by Gasteiger charge is -2.57. The zero-order chi connectivity index (χ0) is 30.7. The van der Waals surface area contributed by atoms with Gasteiger partial charge in [0, 0.05) is 11.5 Å². The molecule has 228 valence electrons. The zero-order valence-corrected chi connectivity index (χ0v) is 24.1. The molecule has 0 aromatic heterocycles. The van der Waals surface area contributed by atoms with E-state index in [1.165, 1.54) is 25.1 Å². The molecule has 0 heterocycles. The molecule has 11 heteroatoms. The molecule has 0 aliphatic heterocycles. The van der Waals surface area contributed by atoms with Gasteiger partial charge in [-0.2, -0.15) is 0 Å². The Bertz CT molecular complexity index is 1520. The highest BCUT2D eigenvalue weighted by Crippen LogP contribution is 2.61. The number of ketones is 2. The van der Waals surface area contributed by atoms with Gasteiger partial charge in [-0.1, -0.05) is 12.1 Å². The molecule has 0 spiro atoms. The number of aromatic hydroxyl groups is 1. The third-order valence-corrected chi connectivity index (χ3v) is 11.2. The van der Waals surface area contributed by atoms with Crippen molar-refractivity contribution in [2.24, 2.45) is 40.7 Å². The highest BCUT2D eigenvalue weighted by Gasteiger charge is 2.69. The van der Waals surface area contributed by atoms with Crippen LogP contribution in [0.2, 0.25) is 0 Å². The third kappa shape index (κ3) is 3.67. The maximum absolute atomic E-state index is 14.3. The average Bonchev–Trinajstić information content (AvgIpc) is 2.91. The Kier molecular flexibility index (Phi) is 5.98. The molecule has 5 saturated carbocycles. The average molecular weight is 593 g/mol. The van der Waals surface area contributed by atoms with Crippen molar-refractivity contribution in [1.82, 2.24) is 4.90 Å². The van der Waals surface area contributed by atoms with E-state index in [1.807, 2.05) is 0 Å². The van der Waals surface area contributed by atoms with Crippen LogP contribution in [0.3, 0.4) is 0 Å². The van der Waals surface area contributed by atoms with Crippen molar-refractivity contribution in [3.8, 4) is 5.75 Å². The quantitative estimate of drug-likeness (QED) is 0.254. The van der Waals surface area contributed by atoms with E-state index in [1.54, 1.807) is 12.1 Å². The number of phenols is 1. The van der Waals surface area contributed by atoms with Gasteiger partial charge in [-0.25, -0.2) is 0 Å². The van der Waals surface area contributed by atoms with Gasteiger partial charge in [-0.3, -0.25) is 24.1 Å². The number of amides is 1. The Morgan fingerprint density at radius 1 is 1.00 bits per heavy atom. The number of benzene rings is 1. The second-order valence-corrected chi connectivity index (χ2v) is 13.9. The van der Waals surface area contributed by atoms with Gasteiger partial charge in [0.25, 0.3) is 5.91 Å². The van der Waals surface area contributed by atoms with Crippen LogP contribution in [0.1, 0.15) is 49.7 Å². The molecule has 1 amide bonds. The summed E-state index contributed by atoms with van der Waals surface area (Å²) in [5, 5.41) is 45.6. The molecular weight excluding hydrogens is 556 g/mol. The smallest absolute Gasteiger partial charge is 0.312 e. The highest BCUT2D eigenvalue weighted by molar-refractivity contribution is 6.24. The minimum Gasteiger partial charge on any atom is -0.508 e. The molecule has 5 fully saturated rings. The molecule has 7 aliphatic rings. The number of carbonyl (C=O) groups excluding carboxylic acids is 4. The Balaban J connectivity index is 1.42. The fraction of sp³-hybridized carbons (Fsp3) is 0.562. The molecule has 43 heavy (non-hydrogen) atoms. The van der Waals surface area contributed by atoms with Crippen molar-refractivity contribution in [3.63, 3.8) is 0 Å². The summed E-state index contributed by atoms with van der Waals surface area (Å²) in [6.45, 7) is 0. The number of fused-ring (bicyclic) bond motifs is 3. The van der Waals surface area contributed by atoms with Gasteiger partial charge in [-0.15, -0.1) is 0 Å². The normalized spacial score (nSPS) is 39.5. The van der Waals surface area contributed by atoms with Crippen LogP contribution in [-0.2, 0) is 30.3 Å². The number of phenolic OH excluding ortho intramolecular Hbond substituents is 1. The standard InChI is InChI=1S/C32H36N2O9/c1-34(2)23-22-26(43-30(41)31-10-13-6-14(11-31)8-15(7-13)12-31)17-9-16-4-3-5-18(35)19(16)24(36)20(17)27(38)32(22,42)28(39)21(25(23)37)29(33)40/h3-5,13-15,17,22-23,26,35-36,39,42H,6-12H2,1-2H3,(H2,33,40)/t13?,14?,15?,17-,22-,23+,26+,31?,32+/m0/s1. The van der Waals surface area contributed by atoms with Crippen molar-refractivity contribution >= 4 is 29.2 Å². The Morgan fingerprint density at radius 2 is 1.60 bits per heavy atom. The summed E-state index contributed by atoms with van der Waals surface area (Å²) < 4.78 is 6.41. The Labute approximate surface area is 248 Å². The molecule has 11 nitrogen and oxygen atoms in total. The molecule has 1 aromatic carbocycles. The number of hydrogen-bond donors (Lipinski definition) is 5. The third-order valence-electron chi connectivity index (χ3n) is 11.2. The molecule has 0 radical (unpaired) electrons. The minimum absolute atomic E-state index is 0.00931. The van der Waals surface area contributed by atoms with E-state index in [0.29, 0.717) is 42.6 Å². The molecule has 8 rings (SSSR count). The van der Waals surface area contributed by atoms with E-state index in [4.69, 9.17) is 10.5 Å². The molecule has 7 aliphatic carbocycles. The largest absolute Gasteiger partial charge is 0.508 e. The molecule has 4 bridgehead atoms. The lowest BCUT2D eigenvalue weighted by molar-refractivity contribution is -0.199. The number of nitrogens with zero attached hydrogens (tertiary/aromatic N) is 1. The summed E-state index contributed by atoms with van der Waals surface area (Å²) in [6.07, 6.45) is 3.99. The van der Waals surface area contributed by atoms with Gasteiger partial charge in [-0.05, 0) is 88.4 Å². The molecule has 5 atom stereocenters. The number of aliphatic hydroxyl groups is 3. The van der Waals surface area contributed by atoms with Crippen LogP contribution in [-0.4, -0.2) is 80.6 Å². The van der Waals surface area contributed by atoms with Crippen LogP contribution >= 0.6 is 0 Å². The Hall–Kier alpha value is -3.70. The van der Waals surface area contributed by atoms with Crippen LogP contribution in [0.25, 0.3) is 5.76 Å². The fourth-order valence-electron chi connectivity index (χ4n) is 9.93. The van der Waals surface area contributed by atoms with Crippen molar-refractivity contribution < 1.29 is 44.3 Å². The van der Waals surface area contributed by atoms with Gasteiger partial charge >= 0.3 is 5.97 Å². The first kappa shape index (κ1) is 28.1. The summed E-state index contributed by atoms with van der Waals surface area (Å²) in [5.74, 6) is -7.27. The second kappa shape index (κ2) is 9.15. The minimum atomic E-state index is -2.93. The SMILES string of the molecule is CN(C)[C@H]1C(=O)C(C(N)=O)=C(O)[C@]2(O)C(=O)C3=C(O)c4c(O)cccc4C[C@@H]3[C@@H](OC(=O)C34CC5CC(CC(C5)C3)C4)[C@H]12. The van der Waals surface area contributed by atoms with E-state index >= 15 is 0 Å². The fourth-order valence-corrected chi connectivity index (χ4v) is 9.93. The van der Waals surface area contributed by atoms with E-state index in [0.717, 1.165) is 19.3 Å². The molecule has 1 aromatic rings. The van der Waals surface area contributed by atoms with E-state index in [-0.39, 0.29) is 23.3 Å². The molecule has 0 saturated heterocycles. The number of hydrogen-bond acceptors (Lipinski definition) is 10. The van der Waals surface area contributed by atoms with Crippen LogP contribution < -0.4 is 5.73 Å². The van der Waals surface area contributed by atoms with Crippen molar-refractivity contribution in [3.05, 3.63) is 46.2 Å². The maximum Gasteiger partial charge on any atom is 0.312 e. The van der Waals surface area contributed by atoms with Gasteiger partial charge in [0.15, 0.2) is 11.4 Å². The number of rotatable bonds is 4. The summed E-state index contributed by atoms with van der Waals surface area (Å²) in [7, 11) is 3.03. The van der Waals surface area contributed by atoms with Gasteiger partial charge in [0.1, 0.15) is 28.9 Å². The number of likely N-dealkylation sites (N-methyl/N-ethyl adjacent to an activating group) is 1. The lowest BCUT2D eigenvalue weighted by atomic mass is 9.49.